The van der Waals surface area contributed by atoms with Gasteiger partial charge < -0.3 is 14.7 Å². The predicted molar refractivity (Wildman–Crippen MR) is 114 cm³/mol. The van der Waals surface area contributed by atoms with Crippen molar-refractivity contribution in [3.8, 4) is 11.5 Å². The minimum atomic E-state index is -0.501. The van der Waals surface area contributed by atoms with Gasteiger partial charge in [-0.1, -0.05) is 17.3 Å². The van der Waals surface area contributed by atoms with E-state index in [0.717, 1.165) is 18.4 Å². The summed E-state index contributed by atoms with van der Waals surface area (Å²) in [4.78, 5) is 34.8. The van der Waals surface area contributed by atoms with Crippen LogP contribution in [-0.4, -0.2) is 44.9 Å². The van der Waals surface area contributed by atoms with Gasteiger partial charge in [-0.3, -0.25) is 14.6 Å². The summed E-state index contributed by atoms with van der Waals surface area (Å²) < 4.78 is 18.6. The minimum Gasteiger partial charge on any atom is -0.349 e. The molecule has 0 radical (unpaired) electrons. The lowest BCUT2D eigenvalue weighted by molar-refractivity contribution is -0.133. The molecule has 1 fully saturated rings. The van der Waals surface area contributed by atoms with Crippen LogP contribution in [0, 0.1) is 5.82 Å². The zero-order valence-corrected chi connectivity index (χ0v) is 17.7. The van der Waals surface area contributed by atoms with Crippen molar-refractivity contribution in [3.63, 3.8) is 0 Å². The van der Waals surface area contributed by atoms with E-state index in [0.29, 0.717) is 30.4 Å². The monoisotopic (exact) mass is 437 g/mol. The maximum atomic E-state index is 13.3. The van der Waals surface area contributed by atoms with Crippen molar-refractivity contribution in [1.82, 2.24) is 25.3 Å². The van der Waals surface area contributed by atoms with Gasteiger partial charge >= 0.3 is 0 Å². The maximum absolute atomic E-state index is 13.3. The van der Waals surface area contributed by atoms with E-state index in [1.165, 1.54) is 19.1 Å². The molecule has 32 heavy (non-hydrogen) atoms. The number of halogens is 1. The first kappa shape index (κ1) is 21.6. The summed E-state index contributed by atoms with van der Waals surface area (Å²) in [6, 6.07) is 8.95. The van der Waals surface area contributed by atoms with E-state index in [2.05, 4.69) is 20.4 Å². The van der Waals surface area contributed by atoms with Crippen LogP contribution < -0.4 is 5.32 Å². The summed E-state index contributed by atoms with van der Waals surface area (Å²) in [5, 5.41) is 6.92. The Labute approximate surface area is 184 Å². The Morgan fingerprint density at radius 2 is 1.84 bits per heavy atom. The van der Waals surface area contributed by atoms with Crippen LogP contribution >= 0.6 is 0 Å². The standard InChI is InChI=1S/C23H24FN5O3/c1-15(30)26-20(16-2-4-19(24)5-3-16)14-21(31)29-12-8-17(9-13-29)22-27-23(32-28-22)18-6-10-25-11-7-18/h2-7,10-11,17,20H,8-9,12-14H2,1H3,(H,26,30). The molecule has 1 atom stereocenters. The van der Waals surface area contributed by atoms with Crippen LogP contribution in [0.1, 0.15) is 49.5 Å². The largest absolute Gasteiger partial charge is 0.349 e. The second-order valence-electron chi connectivity index (χ2n) is 7.86. The number of aromatic nitrogens is 3. The van der Waals surface area contributed by atoms with Crippen LogP contribution in [0.4, 0.5) is 4.39 Å². The van der Waals surface area contributed by atoms with Crippen molar-refractivity contribution in [2.45, 2.75) is 38.1 Å². The Hall–Kier alpha value is -3.62. The summed E-state index contributed by atoms with van der Waals surface area (Å²) in [6.45, 7) is 2.54. The number of amides is 2. The molecule has 2 amide bonds. The number of pyridine rings is 1. The molecule has 1 saturated heterocycles. The number of rotatable bonds is 6. The topological polar surface area (TPSA) is 101 Å². The van der Waals surface area contributed by atoms with Gasteiger partial charge in [0.15, 0.2) is 5.82 Å². The summed E-state index contributed by atoms with van der Waals surface area (Å²) in [7, 11) is 0. The van der Waals surface area contributed by atoms with Gasteiger partial charge in [0.25, 0.3) is 5.89 Å². The molecule has 0 saturated carbocycles. The SMILES string of the molecule is CC(=O)NC(CC(=O)N1CCC(c2noc(-c3ccncc3)n2)CC1)c1ccc(F)cc1. The number of piperidine rings is 1. The van der Waals surface area contributed by atoms with Gasteiger partial charge in [0.2, 0.25) is 11.8 Å². The summed E-state index contributed by atoms with van der Waals surface area (Å²) in [6.07, 6.45) is 4.90. The fourth-order valence-corrected chi connectivity index (χ4v) is 3.90. The van der Waals surface area contributed by atoms with Crippen LogP contribution in [0.25, 0.3) is 11.5 Å². The van der Waals surface area contributed by atoms with E-state index in [1.807, 2.05) is 12.1 Å². The van der Waals surface area contributed by atoms with E-state index in [-0.39, 0.29) is 30.0 Å². The van der Waals surface area contributed by atoms with Crippen LogP contribution in [0.2, 0.25) is 0 Å². The second kappa shape index (κ2) is 9.67. The van der Waals surface area contributed by atoms with E-state index in [1.54, 1.807) is 29.4 Å². The molecule has 0 spiro atoms. The quantitative estimate of drug-likeness (QED) is 0.635. The Kier molecular flexibility index (Phi) is 6.53. The molecule has 1 N–H and O–H groups in total. The van der Waals surface area contributed by atoms with Gasteiger partial charge in [0.05, 0.1) is 12.5 Å². The molecule has 1 aromatic carbocycles. The van der Waals surface area contributed by atoms with E-state index in [4.69, 9.17) is 4.52 Å². The van der Waals surface area contributed by atoms with Gasteiger partial charge in [0.1, 0.15) is 5.82 Å². The molecule has 0 aliphatic carbocycles. The van der Waals surface area contributed by atoms with Crippen molar-refractivity contribution in [2.24, 2.45) is 0 Å². The van der Waals surface area contributed by atoms with Gasteiger partial charge in [-0.25, -0.2) is 4.39 Å². The highest BCUT2D eigenvalue weighted by Crippen LogP contribution is 2.29. The first-order valence-electron chi connectivity index (χ1n) is 10.5. The smallest absolute Gasteiger partial charge is 0.258 e. The van der Waals surface area contributed by atoms with E-state index in [9.17, 15) is 14.0 Å². The molecule has 1 aliphatic rings. The van der Waals surface area contributed by atoms with Gasteiger partial charge in [0, 0.05) is 43.9 Å². The van der Waals surface area contributed by atoms with E-state index >= 15 is 0 Å². The fourth-order valence-electron chi connectivity index (χ4n) is 3.90. The van der Waals surface area contributed by atoms with Gasteiger partial charge in [-0.15, -0.1) is 0 Å². The number of nitrogens with zero attached hydrogens (tertiary/aromatic N) is 4. The number of nitrogens with one attached hydrogen (secondary N) is 1. The third-order valence-electron chi connectivity index (χ3n) is 5.61. The lowest BCUT2D eigenvalue weighted by Crippen LogP contribution is -2.40. The molecular formula is C23H24FN5O3. The molecule has 8 nitrogen and oxygen atoms in total. The van der Waals surface area contributed by atoms with Crippen molar-refractivity contribution in [3.05, 3.63) is 66.0 Å². The van der Waals surface area contributed by atoms with Crippen LogP contribution in [0.15, 0.2) is 53.3 Å². The number of benzene rings is 1. The molecule has 3 heterocycles. The van der Waals surface area contributed by atoms with Crippen molar-refractivity contribution in [1.29, 1.82) is 0 Å². The van der Waals surface area contributed by atoms with Crippen LogP contribution in [0.5, 0.6) is 0 Å². The fraction of sp³-hybridized carbons (Fsp3) is 0.348. The van der Waals surface area contributed by atoms with Gasteiger partial charge in [-0.2, -0.15) is 4.98 Å². The average molecular weight is 437 g/mol. The first-order valence-corrected chi connectivity index (χ1v) is 10.5. The number of hydrogen-bond donors (Lipinski definition) is 1. The average Bonchev–Trinajstić information content (AvgIpc) is 3.30. The lowest BCUT2D eigenvalue weighted by Gasteiger charge is -2.32. The number of likely N-dealkylation sites (tertiary alicyclic amines) is 1. The molecule has 3 aromatic rings. The Morgan fingerprint density at radius 3 is 2.50 bits per heavy atom. The summed E-state index contributed by atoms with van der Waals surface area (Å²) in [5.41, 5.74) is 1.51. The second-order valence-corrected chi connectivity index (χ2v) is 7.86. The lowest BCUT2D eigenvalue weighted by atomic mass is 9.95. The van der Waals surface area contributed by atoms with Crippen molar-refractivity contribution in [2.75, 3.05) is 13.1 Å². The molecule has 2 aromatic heterocycles. The molecular weight excluding hydrogens is 413 g/mol. The molecule has 1 unspecified atom stereocenters. The highest BCUT2D eigenvalue weighted by molar-refractivity contribution is 5.79. The Balaban J connectivity index is 1.36. The third-order valence-corrected chi connectivity index (χ3v) is 5.61. The highest BCUT2D eigenvalue weighted by atomic mass is 19.1. The first-order chi connectivity index (χ1) is 15.5. The van der Waals surface area contributed by atoms with Crippen molar-refractivity contribution >= 4 is 11.8 Å². The molecule has 9 heteroatoms. The number of carbonyl (C=O) groups excluding carboxylic acids is 2. The Morgan fingerprint density at radius 1 is 1.16 bits per heavy atom. The maximum Gasteiger partial charge on any atom is 0.258 e. The third kappa shape index (κ3) is 5.16. The molecule has 4 rings (SSSR count). The number of hydrogen-bond acceptors (Lipinski definition) is 6. The van der Waals surface area contributed by atoms with Crippen LogP contribution in [-0.2, 0) is 9.59 Å². The Bertz CT molecular complexity index is 1060. The predicted octanol–water partition coefficient (Wildman–Crippen LogP) is 3.24. The van der Waals surface area contributed by atoms with Gasteiger partial charge in [-0.05, 0) is 42.7 Å². The zero-order chi connectivity index (χ0) is 22.5. The van der Waals surface area contributed by atoms with E-state index < -0.39 is 6.04 Å². The summed E-state index contributed by atoms with van der Waals surface area (Å²) >= 11 is 0. The summed E-state index contributed by atoms with van der Waals surface area (Å²) in [5.74, 6) is 0.550. The molecule has 0 bridgehead atoms. The zero-order valence-electron chi connectivity index (χ0n) is 17.7. The van der Waals surface area contributed by atoms with Crippen LogP contribution in [0.3, 0.4) is 0 Å². The molecule has 166 valence electrons. The molecule has 1 aliphatic heterocycles. The van der Waals surface area contributed by atoms with Crippen molar-refractivity contribution < 1.29 is 18.5 Å². The number of carbonyl (C=O) groups is 2. The minimum absolute atomic E-state index is 0.0582. The normalized spacial score (nSPS) is 15.4. The highest BCUT2D eigenvalue weighted by Gasteiger charge is 2.29.